The SMILES string of the molecule is CS(=O)(=O)OCCOCCOCCOc1ccc([N+](=O)[O-])cc1. The van der Waals surface area contributed by atoms with Gasteiger partial charge in [-0.2, -0.15) is 8.42 Å². The highest BCUT2D eigenvalue weighted by molar-refractivity contribution is 7.85. The van der Waals surface area contributed by atoms with Gasteiger partial charge in [0.05, 0.1) is 44.2 Å². The minimum Gasteiger partial charge on any atom is -0.491 e. The number of benzene rings is 1. The molecule has 1 aromatic rings. The van der Waals surface area contributed by atoms with E-state index in [1.165, 1.54) is 24.3 Å². The third-order valence-corrected chi connectivity index (χ3v) is 3.04. The molecule has 0 aromatic heterocycles. The molecule has 0 N–H and O–H groups in total. The van der Waals surface area contributed by atoms with Crippen molar-refractivity contribution in [3.63, 3.8) is 0 Å². The molecule has 10 heteroatoms. The number of hydrogen-bond acceptors (Lipinski definition) is 8. The first-order valence-electron chi connectivity index (χ1n) is 6.75. The van der Waals surface area contributed by atoms with Crippen molar-refractivity contribution in [2.75, 3.05) is 45.9 Å². The van der Waals surface area contributed by atoms with Gasteiger partial charge in [-0.05, 0) is 12.1 Å². The van der Waals surface area contributed by atoms with Crippen molar-refractivity contribution in [1.82, 2.24) is 0 Å². The molecule has 0 bridgehead atoms. The van der Waals surface area contributed by atoms with Gasteiger partial charge in [0.1, 0.15) is 12.4 Å². The second-order valence-electron chi connectivity index (χ2n) is 4.35. The molecule has 0 radical (unpaired) electrons. The zero-order valence-corrected chi connectivity index (χ0v) is 13.5. The van der Waals surface area contributed by atoms with Crippen LogP contribution in [-0.4, -0.2) is 59.2 Å². The molecule has 0 aliphatic heterocycles. The van der Waals surface area contributed by atoms with Crippen LogP contribution in [0.5, 0.6) is 5.75 Å². The molecule has 0 saturated carbocycles. The quantitative estimate of drug-likeness (QED) is 0.237. The average molecular weight is 349 g/mol. The van der Waals surface area contributed by atoms with Crippen LogP contribution in [0.2, 0.25) is 0 Å². The molecule has 0 heterocycles. The van der Waals surface area contributed by atoms with E-state index in [0.717, 1.165) is 6.26 Å². The summed E-state index contributed by atoms with van der Waals surface area (Å²) in [5.41, 5.74) is 0.00519. The molecule has 0 unspecified atom stereocenters. The van der Waals surface area contributed by atoms with Crippen LogP contribution in [0.3, 0.4) is 0 Å². The van der Waals surface area contributed by atoms with Gasteiger partial charge >= 0.3 is 0 Å². The van der Waals surface area contributed by atoms with Crippen LogP contribution in [0.25, 0.3) is 0 Å². The van der Waals surface area contributed by atoms with Crippen molar-refractivity contribution in [3.05, 3.63) is 34.4 Å². The highest BCUT2D eigenvalue weighted by Gasteiger charge is 2.04. The van der Waals surface area contributed by atoms with Crippen molar-refractivity contribution in [3.8, 4) is 5.75 Å². The van der Waals surface area contributed by atoms with Crippen LogP contribution in [0, 0.1) is 10.1 Å². The normalized spacial score (nSPS) is 11.3. The number of nitro benzene ring substituents is 1. The molecule has 1 aromatic carbocycles. The Morgan fingerprint density at radius 1 is 0.957 bits per heavy atom. The van der Waals surface area contributed by atoms with E-state index >= 15 is 0 Å². The minimum absolute atomic E-state index is 0.00519. The number of non-ortho nitro benzene ring substituents is 1. The maximum absolute atomic E-state index is 10.7. The fourth-order valence-corrected chi connectivity index (χ4v) is 1.82. The predicted molar refractivity (Wildman–Crippen MR) is 81.0 cm³/mol. The lowest BCUT2D eigenvalue weighted by Crippen LogP contribution is -2.14. The van der Waals surface area contributed by atoms with Crippen LogP contribution in [0.1, 0.15) is 0 Å². The average Bonchev–Trinajstić information content (AvgIpc) is 2.48. The zero-order chi connectivity index (χ0) is 17.1. The molecule has 0 spiro atoms. The van der Waals surface area contributed by atoms with Gasteiger partial charge in [0.15, 0.2) is 0 Å². The molecule has 23 heavy (non-hydrogen) atoms. The summed E-state index contributed by atoms with van der Waals surface area (Å²) in [6.45, 7) is 1.42. The van der Waals surface area contributed by atoms with E-state index in [1.807, 2.05) is 0 Å². The molecule has 0 aliphatic carbocycles. The summed E-state index contributed by atoms with van der Waals surface area (Å²) < 4.78 is 41.5. The zero-order valence-electron chi connectivity index (χ0n) is 12.7. The first kappa shape index (κ1) is 19.3. The van der Waals surface area contributed by atoms with Crippen LogP contribution >= 0.6 is 0 Å². The van der Waals surface area contributed by atoms with E-state index in [9.17, 15) is 18.5 Å². The Kier molecular flexibility index (Phi) is 8.48. The van der Waals surface area contributed by atoms with Crippen LogP contribution < -0.4 is 4.74 Å². The van der Waals surface area contributed by atoms with Crippen molar-refractivity contribution in [2.24, 2.45) is 0 Å². The second kappa shape index (κ2) is 10.1. The fraction of sp³-hybridized carbons (Fsp3) is 0.538. The third-order valence-electron chi connectivity index (χ3n) is 2.44. The Labute approximate surface area is 134 Å². The Morgan fingerprint density at radius 2 is 1.48 bits per heavy atom. The molecule has 1 rings (SSSR count). The molecule has 0 aliphatic rings. The van der Waals surface area contributed by atoms with E-state index in [-0.39, 0.29) is 18.9 Å². The topological polar surface area (TPSA) is 114 Å². The summed E-state index contributed by atoms with van der Waals surface area (Å²) in [7, 11) is -3.43. The van der Waals surface area contributed by atoms with Gasteiger partial charge in [-0.3, -0.25) is 14.3 Å². The monoisotopic (exact) mass is 349 g/mol. The Bertz CT molecular complexity index is 572. The summed E-state index contributed by atoms with van der Waals surface area (Å²) in [4.78, 5) is 10.0. The maximum Gasteiger partial charge on any atom is 0.269 e. The smallest absolute Gasteiger partial charge is 0.269 e. The summed E-state index contributed by atoms with van der Waals surface area (Å²) in [6, 6.07) is 5.76. The predicted octanol–water partition coefficient (Wildman–Crippen LogP) is 0.983. The lowest BCUT2D eigenvalue weighted by molar-refractivity contribution is -0.384. The van der Waals surface area contributed by atoms with Gasteiger partial charge in [0.25, 0.3) is 15.8 Å². The van der Waals surface area contributed by atoms with Crippen molar-refractivity contribution < 1.29 is 31.7 Å². The summed E-state index contributed by atoms with van der Waals surface area (Å²) in [5, 5.41) is 10.5. The van der Waals surface area contributed by atoms with Gasteiger partial charge in [-0.1, -0.05) is 0 Å². The highest BCUT2D eigenvalue weighted by atomic mass is 32.2. The molecule has 0 fully saturated rings. The van der Waals surface area contributed by atoms with E-state index < -0.39 is 15.0 Å². The molecule has 130 valence electrons. The van der Waals surface area contributed by atoms with Crippen LogP contribution in [-0.2, 0) is 23.8 Å². The number of nitro groups is 1. The molecule has 0 atom stereocenters. The first-order valence-corrected chi connectivity index (χ1v) is 8.57. The lowest BCUT2D eigenvalue weighted by Gasteiger charge is -2.07. The minimum atomic E-state index is -3.43. The molecular weight excluding hydrogens is 330 g/mol. The number of nitrogens with zero attached hydrogens (tertiary/aromatic N) is 1. The standard InChI is InChI=1S/C13H19NO8S/c1-23(17,18)22-11-9-20-7-6-19-8-10-21-13-4-2-12(3-5-13)14(15)16/h2-5H,6-11H2,1H3. The van der Waals surface area contributed by atoms with E-state index in [0.29, 0.717) is 32.2 Å². The first-order chi connectivity index (χ1) is 10.9. The van der Waals surface area contributed by atoms with Gasteiger partial charge in [0, 0.05) is 12.1 Å². The molecule has 0 amide bonds. The third kappa shape index (κ3) is 9.79. The summed E-state index contributed by atoms with van der Waals surface area (Å²) in [5.74, 6) is 0.522. The second-order valence-corrected chi connectivity index (χ2v) is 5.99. The molecule has 0 saturated heterocycles. The number of hydrogen-bond donors (Lipinski definition) is 0. The van der Waals surface area contributed by atoms with Crippen molar-refractivity contribution in [2.45, 2.75) is 0 Å². The number of ether oxygens (including phenoxy) is 3. The lowest BCUT2D eigenvalue weighted by atomic mass is 10.3. The Morgan fingerprint density at radius 3 is 2.00 bits per heavy atom. The largest absolute Gasteiger partial charge is 0.491 e. The van der Waals surface area contributed by atoms with Gasteiger partial charge in [-0.25, -0.2) is 0 Å². The summed E-state index contributed by atoms with van der Waals surface area (Å²) >= 11 is 0. The van der Waals surface area contributed by atoms with E-state index in [4.69, 9.17) is 14.2 Å². The summed E-state index contributed by atoms with van der Waals surface area (Å²) in [6.07, 6.45) is 0.973. The Balaban J connectivity index is 1.98. The molecular formula is C13H19NO8S. The van der Waals surface area contributed by atoms with E-state index in [1.54, 1.807) is 0 Å². The van der Waals surface area contributed by atoms with Crippen molar-refractivity contribution >= 4 is 15.8 Å². The van der Waals surface area contributed by atoms with Crippen LogP contribution in [0.4, 0.5) is 5.69 Å². The molecule has 9 nitrogen and oxygen atoms in total. The van der Waals surface area contributed by atoms with Gasteiger partial charge in [0.2, 0.25) is 0 Å². The van der Waals surface area contributed by atoms with Crippen LogP contribution in [0.15, 0.2) is 24.3 Å². The highest BCUT2D eigenvalue weighted by Crippen LogP contribution is 2.16. The van der Waals surface area contributed by atoms with E-state index in [2.05, 4.69) is 4.18 Å². The number of rotatable bonds is 12. The Hall–Kier alpha value is -1.75. The van der Waals surface area contributed by atoms with Crippen molar-refractivity contribution in [1.29, 1.82) is 0 Å². The fourth-order valence-electron chi connectivity index (χ4n) is 1.45. The van der Waals surface area contributed by atoms with Gasteiger partial charge in [-0.15, -0.1) is 0 Å². The maximum atomic E-state index is 10.7. The van der Waals surface area contributed by atoms with Gasteiger partial charge < -0.3 is 14.2 Å².